The van der Waals surface area contributed by atoms with Gasteiger partial charge >= 0.3 is 71.1 Å². The summed E-state index contributed by atoms with van der Waals surface area (Å²) >= 11 is 0. The Morgan fingerprint density at radius 2 is 0.392 bits per heavy atom. The number of ether oxygens (including phenoxy) is 1. The van der Waals surface area contributed by atoms with Gasteiger partial charge in [-0.15, -0.1) is 0 Å². The van der Waals surface area contributed by atoms with Gasteiger partial charge in [0, 0.05) is 0 Å². The van der Waals surface area contributed by atoms with Crippen LogP contribution in [-0.2, 0) is 4.74 Å². The second-order valence-corrected chi connectivity index (χ2v) is 9.33. The molecule has 51 heavy (non-hydrogen) atoms. The minimum Gasteiger partial charge on any atom is -0.303 e. The largest absolute Gasteiger partial charge is 0.384 e. The van der Waals surface area contributed by atoms with Gasteiger partial charge in [0.15, 0.2) is 0 Å². The van der Waals surface area contributed by atoms with Gasteiger partial charge in [-0.05, 0) is 0 Å². The van der Waals surface area contributed by atoms with Gasteiger partial charge in [-0.1, -0.05) is 0 Å². The van der Waals surface area contributed by atoms with Gasteiger partial charge in [0.1, 0.15) is 0 Å². The predicted molar refractivity (Wildman–Crippen MR) is 92.0 cm³/mol. The van der Waals surface area contributed by atoms with Gasteiger partial charge in [0.05, 0.1) is 0 Å². The lowest BCUT2D eigenvalue weighted by molar-refractivity contribution is -0.456. The molecule has 4 unspecified atom stereocenters. The number of halogens is 32. The first-order chi connectivity index (χ1) is 21.8. The molecule has 0 spiro atoms. The van der Waals surface area contributed by atoms with Crippen LogP contribution < -0.4 is 0 Å². The summed E-state index contributed by atoms with van der Waals surface area (Å²) in [7, 11) is 0. The molecule has 308 valence electrons. The maximum Gasteiger partial charge on any atom is 0.384 e. The number of alkyl halides is 32. The summed E-state index contributed by atoms with van der Waals surface area (Å²) in [6.45, 7) is 0. The van der Waals surface area contributed by atoms with Gasteiger partial charge in [-0.3, -0.25) is 0 Å². The highest BCUT2D eigenvalue weighted by Gasteiger charge is 2.94. The van der Waals surface area contributed by atoms with Gasteiger partial charge in [0.25, 0.3) is 25.6 Å². The zero-order valence-corrected chi connectivity index (χ0v) is 22.0. The Balaban J connectivity index is 6.94. The monoisotopic (exact) mass is 846 g/mol. The van der Waals surface area contributed by atoms with Crippen molar-refractivity contribution in [1.29, 1.82) is 0 Å². The summed E-state index contributed by atoms with van der Waals surface area (Å²) in [5.74, 6) is -106. The average Bonchev–Trinajstić information content (AvgIpc) is 2.94. The summed E-state index contributed by atoms with van der Waals surface area (Å²) < 4.78 is 426. The number of hydrogen-bond acceptors (Lipinski definition) is 1. The van der Waals surface area contributed by atoms with Crippen LogP contribution in [0.2, 0.25) is 0 Å². The van der Waals surface area contributed by atoms with E-state index < -0.39 is 109 Å². The summed E-state index contributed by atoms with van der Waals surface area (Å²) in [6, 6.07) is 0. The maximum absolute atomic E-state index is 13.7. The van der Waals surface area contributed by atoms with E-state index in [1.54, 1.807) is 0 Å². The third kappa shape index (κ3) is 6.52. The van der Waals surface area contributed by atoms with E-state index in [1.165, 1.54) is 4.74 Å². The van der Waals surface area contributed by atoms with E-state index in [4.69, 9.17) is 0 Å². The highest BCUT2D eigenvalue weighted by atomic mass is 19.4. The van der Waals surface area contributed by atoms with Crippen molar-refractivity contribution in [3.05, 3.63) is 0 Å². The molecule has 0 aromatic carbocycles. The second-order valence-electron chi connectivity index (χ2n) is 9.33. The predicted octanol–water partition coefficient (Wildman–Crippen LogP) is 10.4. The molecule has 0 aliphatic heterocycles. The molecular formula is C18H6F32O. The van der Waals surface area contributed by atoms with E-state index in [1.807, 2.05) is 0 Å². The van der Waals surface area contributed by atoms with Crippen LogP contribution >= 0.6 is 0 Å². The molecule has 0 aromatic rings. The Morgan fingerprint density at radius 3 is 0.549 bits per heavy atom. The van der Waals surface area contributed by atoms with Crippen LogP contribution in [0.25, 0.3) is 0 Å². The van der Waals surface area contributed by atoms with Crippen LogP contribution in [0.3, 0.4) is 0 Å². The summed E-state index contributed by atoms with van der Waals surface area (Å²) in [5, 5.41) is 0. The molecule has 0 heterocycles. The Labute approximate surface area is 255 Å². The molecule has 0 aliphatic rings. The van der Waals surface area contributed by atoms with Crippen LogP contribution in [0.5, 0.6) is 0 Å². The quantitative estimate of drug-likeness (QED) is 0.125. The fourth-order valence-electron chi connectivity index (χ4n) is 2.85. The third-order valence-electron chi connectivity index (χ3n) is 5.98. The van der Waals surface area contributed by atoms with Crippen LogP contribution in [-0.4, -0.2) is 109 Å². The maximum atomic E-state index is 13.7. The Hall–Kier alpha value is -2.28. The van der Waals surface area contributed by atoms with Crippen LogP contribution in [0.15, 0.2) is 0 Å². The normalized spacial score (nSPS) is 18.7. The molecule has 0 aromatic heterocycles. The Bertz CT molecular complexity index is 1100. The molecular weight excluding hydrogens is 840 g/mol. The lowest BCUT2D eigenvalue weighted by Crippen LogP contribution is -2.74. The van der Waals surface area contributed by atoms with Crippen molar-refractivity contribution in [2.45, 2.75) is 109 Å². The lowest BCUT2D eigenvalue weighted by atomic mass is 9.89. The molecule has 0 aliphatic carbocycles. The minimum absolute atomic E-state index is 1.47. The standard InChI is InChI=1S/C18H6F32O/c19-1(3(21)22)7(27,28)11(35,36)15(43,44)17(47,48)13(39,40)9(31,32)5(25)51-6(26)10(33,34)14(41,42)18(49,50)16(45,46)12(37,38)8(29,30)2(20)4(23)24/h1-6H. The van der Waals surface area contributed by atoms with E-state index in [2.05, 4.69) is 0 Å². The minimum atomic E-state index is -9.22. The first-order valence-corrected chi connectivity index (χ1v) is 11.1. The summed E-state index contributed by atoms with van der Waals surface area (Å²) in [4.78, 5) is 0. The lowest BCUT2D eigenvalue weighted by Gasteiger charge is -2.43. The first kappa shape index (κ1) is 48.7. The SMILES string of the molecule is FC(F)C(F)C(F)(F)C(F)(F)C(F)(F)C(F)(F)C(F)(F)C(F)(F)C(F)OC(F)C(F)(F)C(F)(F)C(F)(F)C(F)(F)C(F)(F)C(F)(F)C(F)C(F)F. The average molecular weight is 846 g/mol. The molecule has 0 N–H and O–H groups in total. The molecule has 0 rings (SSSR count). The van der Waals surface area contributed by atoms with Crippen molar-refractivity contribution in [3.63, 3.8) is 0 Å². The summed E-state index contributed by atoms with van der Waals surface area (Å²) in [6.07, 6.45) is -37.4. The zero-order valence-electron chi connectivity index (χ0n) is 22.0. The van der Waals surface area contributed by atoms with E-state index in [0.717, 1.165) is 0 Å². The van der Waals surface area contributed by atoms with Gasteiger partial charge in [-0.25, -0.2) is 35.1 Å². The Morgan fingerprint density at radius 1 is 0.235 bits per heavy atom. The molecule has 1 nitrogen and oxygen atoms in total. The molecule has 0 bridgehead atoms. The molecule has 4 atom stereocenters. The molecule has 0 fully saturated rings. The molecule has 0 saturated heterocycles. The smallest absolute Gasteiger partial charge is 0.303 e. The highest BCUT2D eigenvalue weighted by Crippen LogP contribution is 2.64. The Kier molecular flexibility index (Phi) is 12.6. The topological polar surface area (TPSA) is 9.23 Å². The van der Waals surface area contributed by atoms with Crippen molar-refractivity contribution < 1.29 is 145 Å². The highest BCUT2D eigenvalue weighted by molar-refractivity contribution is 5.15. The second kappa shape index (κ2) is 13.2. The zero-order chi connectivity index (χ0) is 42.2. The van der Waals surface area contributed by atoms with Crippen molar-refractivity contribution in [1.82, 2.24) is 0 Å². The molecule has 0 saturated carbocycles. The van der Waals surface area contributed by atoms with Crippen molar-refractivity contribution in [3.8, 4) is 0 Å². The molecule has 0 amide bonds. The van der Waals surface area contributed by atoms with Gasteiger partial charge < -0.3 is 4.74 Å². The van der Waals surface area contributed by atoms with Crippen molar-refractivity contribution in [2.24, 2.45) is 0 Å². The number of rotatable bonds is 18. The third-order valence-corrected chi connectivity index (χ3v) is 5.98. The van der Waals surface area contributed by atoms with Crippen LogP contribution in [0.1, 0.15) is 0 Å². The van der Waals surface area contributed by atoms with E-state index in [-0.39, 0.29) is 0 Å². The van der Waals surface area contributed by atoms with Crippen molar-refractivity contribution >= 4 is 0 Å². The molecule has 0 radical (unpaired) electrons. The number of hydrogen-bond donors (Lipinski definition) is 0. The van der Waals surface area contributed by atoms with E-state index in [9.17, 15) is 140 Å². The van der Waals surface area contributed by atoms with E-state index in [0.29, 0.717) is 0 Å². The van der Waals surface area contributed by atoms with Crippen LogP contribution in [0.4, 0.5) is 140 Å². The fourth-order valence-corrected chi connectivity index (χ4v) is 2.85. The summed E-state index contributed by atoms with van der Waals surface area (Å²) in [5.41, 5.74) is 0. The van der Waals surface area contributed by atoms with E-state index >= 15 is 0 Å². The first-order valence-electron chi connectivity index (χ1n) is 11.1. The van der Waals surface area contributed by atoms with Crippen molar-refractivity contribution in [2.75, 3.05) is 0 Å². The van der Waals surface area contributed by atoms with Crippen LogP contribution in [0, 0.1) is 0 Å². The molecule has 33 heteroatoms. The van der Waals surface area contributed by atoms with Gasteiger partial charge in [0.2, 0.25) is 12.3 Å². The van der Waals surface area contributed by atoms with Gasteiger partial charge in [-0.2, -0.15) is 105 Å². The fraction of sp³-hybridized carbons (Fsp3) is 1.00.